The molecule has 3 heteroatoms. The molecule has 0 aromatic carbocycles. The van der Waals surface area contributed by atoms with Gasteiger partial charge in [-0.1, -0.05) is 0 Å². The molecule has 82 valence electrons. The SMILES string of the molecule is CC(C)(C)NC(C=O)Cc1ccncc1. The molecule has 15 heavy (non-hydrogen) atoms. The number of carbonyl (C=O) groups is 1. The summed E-state index contributed by atoms with van der Waals surface area (Å²) in [7, 11) is 0. The first-order valence-corrected chi connectivity index (χ1v) is 5.13. The van der Waals surface area contributed by atoms with Gasteiger partial charge in [0, 0.05) is 17.9 Å². The Morgan fingerprint density at radius 2 is 2.00 bits per heavy atom. The van der Waals surface area contributed by atoms with E-state index in [0.717, 1.165) is 11.8 Å². The van der Waals surface area contributed by atoms with Crippen LogP contribution in [0.5, 0.6) is 0 Å². The zero-order chi connectivity index (χ0) is 11.3. The van der Waals surface area contributed by atoms with Gasteiger partial charge in [-0.25, -0.2) is 0 Å². The van der Waals surface area contributed by atoms with Crippen LogP contribution in [0.1, 0.15) is 26.3 Å². The van der Waals surface area contributed by atoms with Crippen molar-refractivity contribution in [2.24, 2.45) is 0 Å². The number of pyridine rings is 1. The summed E-state index contributed by atoms with van der Waals surface area (Å²) in [6, 6.07) is 3.73. The van der Waals surface area contributed by atoms with E-state index in [1.165, 1.54) is 0 Å². The van der Waals surface area contributed by atoms with E-state index in [1.807, 2.05) is 12.1 Å². The molecule has 0 aliphatic rings. The second kappa shape index (κ2) is 5.03. The van der Waals surface area contributed by atoms with Crippen LogP contribution in [0.2, 0.25) is 0 Å². The summed E-state index contributed by atoms with van der Waals surface area (Å²) in [6.07, 6.45) is 5.16. The lowest BCUT2D eigenvalue weighted by atomic mass is 10.0. The maximum Gasteiger partial charge on any atom is 0.137 e. The number of nitrogens with zero attached hydrogens (tertiary/aromatic N) is 1. The Morgan fingerprint density at radius 3 is 2.47 bits per heavy atom. The molecular weight excluding hydrogens is 188 g/mol. The van der Waals surface area contributed by atoms with Crippen molar-refractivity contribution in [1.82, 2.24) is 10.3 Å². The molecule has 0 spiro atoms. The molecule has 1 N–H and O–H groups in total. The fourth-order valence-corrected chi connectivity index (χ4v) is 1.46. The van der Waals surface area contributed by atoms with Crippen molar-refractivity contribution in [3.05, 3.63) is 30.1 Å². The molecule has 0 saturated heterocycles. The monoisotopic (exact) mass is 206 g/mol. The van der Waals surface area contributed by atoms with Gasteiger partial charge in [-0.05, 0) is 44.9 Å². The molecule has 0 bridgehead atoms. The second-order valence-electron chi connectivity index (χ2n) is 4.70. The predicted octanol–water partition coefficient (Wildman–Crippen LogP) is 1.58. The van der Waals surface area contributed by atoms with Gasteiger partial charge in [0.2, 0.25) is 0 Å². The molecule has 1 heterocycles. The lowest BCUT2D eigenvalue weighted by Gasteiger charge is -2.25. The molecule has 0 saturated carbocycles. The van der Waals surface area contributed by atoms with E-state index < -0.39 is 0 Å². The molecule has 3 nitrogen and oxygen atoms in total. The highest BCUT2D eigenvalue weighted by molar-refractivity contribution is 5.58. The van der Waals surface area contributed by atoms with Crippen molar-refractivity contribution < 1.29 is 4.79 Å². The van der Waals surface area contributed by atoms with E-state index in [0.29, 0.717) is 6.42 Å². The third-order valence-electron chi connectivity index (χ3n) is 1.99. The van der Waals surface area contributed by atoms with Crippen LogP contribution in [-0.2, 0) is 11.2 Å². The topological polar surface area (TPSA) is 42.0 Å². The molecule has 1 unspecified atom stereocenters. The fraction of sp³-hybridized carbons (Fsp3) is 0.500. The van der Waals surface area contributed by atoms with Crippen LogP contribution in [-0.4, -0.2) is 22.9 Å². The van der Waals surface area contributed by atoms with Crippen LogP contribution in [0.3, 0.4) is 0 Å². The average Bonchev–Trinajstić information content (AvgIpc) is 2.16. The van der Waals surface area contributed by atoms with Crippen LogP contribution >= 0.6 is 0 Å². The van der Waals surface area contributed by atoms with Crippen LogP contribution in [0.4, 0.5) is 0 Å². The number of hydrogen-bond acceptors (Lipinski definition) is 3. The van der Waals surface area contributed by atoms with Crippen molar-refractivity contribution in [3.63, 3.8) is 0 Å². The Morgan fingerprint density at radius 1 is 1.40 bits per heavy atom. The first kappa shape index (κ1) is 11.9. The Balaban J connectivity index is 2.59. The van der Waals surface area contributed by atoms with Crippen LogP contribution in [0.25, 0.3) is 0 Å². The highest BCUT2D eigenvalue weighted by Gasteiger charge is 2.16. The lowest BCUT2D eigenvalue weighted by Crippen LogP contribution is -2.45. The van der Waals surface area contributed by atoms with Gasteiger partial charge in [-0.3, -0.25) is 4.98 Å². The summed E-state index contributed by atoms with van der Waals surface area (Å²) in [4.78, 5) is 14.9. The first-order chi connectivity index (χ1) is 7.01. The minimum absolute atomic E-state index is 0.0430. The quantitative estimate of drug-likeness (QED) is 0.760. The number of aromatic nitrogens is 1. The first-order valence-electron chi connectivity index (χ1n) is 5.13. The van der Waals surface area contributed by atoms with Crippen molar-refractivity contribution in [3.8, 4) is 0 Å². The van der Waals surface area contributed by atoms with Crippen molar-refractivity contribution in [2.75, 3.05) is 0 Å². The zero-order valence-corrected chi connectivity index (χ0v) is 9.53. The third kappa shape index (κ3) is 4.70. The molecule has 0 aliphatic heterocycles. The summed E-state index contributed by atoms with van der Waals surface area (Å²) in [5, 5.41) is 3.27. The summed E-state index contributed by atoms with van der Waals surface area (Å²) in [6.45, 7) is 6.15. The Labute approximate surface area is 90.9 Å². The molecule has 1 atom stereocenters. The highest BCUT2D eigenvalue weighted by atomic mass is 16.1. The lowest BCUT2D eigenvalue weighted by molar-refractivity contribution is -0.110. The molecule has 1 aromatic rings. The van der Waals surface area contributed by atoms with Gasteiger partial charge in [-0.2, -0.15) is 0 Å². The van der Waals surface area contributed by atoms with Gasteiger partial charge in [0.25, 0.3) is 0 Å². The molecule has 0 radical (unpaired) electrons. The van der Waals surface area contributed by atoms with Gasteiger partial charge in [0.1, 0.15) is 6.29 Å². The van der Waals surface area contributed by atoms with E-state index in [2.05, 4.69) is 31.1 Å². The number of hydrogen-bond donors (Lipinski definition) is 1. The zero-order valence-electron chi connectivity index (χ0n) is 9.53. The van der Waals surface area contributed by atoms with E-state index in [4.69, 9.17) is 0 Å². The van der Waals surface area contributed by atoms with Gasteiger partial charge in [0.15, 0.2) is 0 Å². The van der Waals surface area contributed by atoms with Crippen molar-refractivity contribution in [1.29, 1.82) is 0 Å². The molecule has 0 fully saturated rings. The minimum Gasteiger partial charge on any atom is -0.303 e. The summed E-state index contributed by atoms with van der Waals surface area (Å²) >= 11 is 0. The van der Waals surface area contributed by atoms with Gasteiger partial charge in [0.05, 0.1) is 6.04 Å². The van der Waals surface area contributed by atoms with E-state index in [-0.39, 0.29) is 11.6 Å². The minimum atomic E-state index is -0.132. The fourth-order valence-electron chi connectivity index (χ4n) is 1.46. The average molecular weight is 206 g/mol. The molecule has 0 amide bonds. The van der Waals surface area contributed by atoms with Gasteiger partial charge >= 0.3 is 0 Å². The Bertz CT molecular complexity index is 303. The third-order valence-corrected chi connectivity index (χ3v) is 1.99. The standard InChI is InChI=1S/C12H18N2O/c1-12(2,3)14-11(9-15)8-10-4-6-13-7-5-10/h4-7,9,11,14H,8H2,1-3H3. The number of aldehydes is 1. The molecular formula is C12H18N2O. The summed E-state index contributed by atoms with van der Waals surface area (Å²) in [5.74, 6) is 0. The van der Waals surface area contributed by atoms with Crippen LogP contribution in [0.15, 0.2) is 24.5 Å². The number of nitrogens with one attached hydrogen (secondary N) is 1. The maximum absolute atomic E-state index is 10.9. The Hall–Kier alpha value is -1.22. The number of rotatable bonds is 4. The number of carbonyl (C=O) groups excluding carboxylic acids is 1. The Kier molecular flexibility index (Phi) is 3.97. The van der Waals surface area contributed by atoms with E-state index in [1.54, 1.807) is 12.4 Å². The second-order valence-corrected chi connectivity index (χ2v) is 4.70. The highest BCUT2D eigenvalue weighted by Crippen LogP contribution is 2.05. The maximum atomic E-state index is 10.9. The van der Waals surface area contributed by atoms with Crippen molar-refractivity contribution >= 4 is 6.29 Å². The largest absolute Gasteiger partial charge is 0.303 e. The normalized spacial score (nSPS) is 13.5. The summed E-state index contributed by atoms with van der Waals surface area (Å²) in [5.41, 5.74) is 1.08. The van der Waals surface area contributed by atoms with Crippen LogP contribution in [0, 0.1) is 0 Å². The van der Waals surface area contributed by atoms with E-state index in [9.17, 15) is 4.79 Å². The molecule has 1 aromatic heterocycles. The van der Waals surface area contributed by atoms with Crippen molar-refractivity contribution in [2.45, 2.75) is 38.8 Å². The summed E-state index contributed by atoms with van der Waals surface area (Å²) < 4.78 is 0. The van der Waals surface area contributed by atoms with E-state index >= 15 is 0 Å². The predicted molar refractivity (Wildman–Crippen MR) is 60.7 cm³/mol. The molecule has 1 rings (SSSR count). The van der Waals surface area contributed by atoms with Gasteiger partial charge < -0.3 is 10.1 Å². The van der Waals surface area contributed by atoms with Gasteiger partial charge in [-0.15, -0.1) is 0 Å². The van der Waals surface area contributed by atoms with Crippen LogP contribution < -0.4 is 5.32 Å². The molecule has 0 aliphatic carbocycles. The smallest absolute Gasteiger partial charge is 0.137 e.